The number of aromatic nitrogens is 1. The number of nitrogens with zero attached hydrogens (tertiary/aromatic N) is 1. The zero-order valence-electron chi connectivity index (χ0n) is 13.1. The fraction of sp³-hybridized carbons (Fsp3) is 0.353. The molecule has 0 aliphatic carbocycles. The Morgan fingerprint density at radius 2 is 2.00 bits per heavy atom. The quantitative estimate of drug-likeness (QED) is 0.911. The van der Waals surface area contributed by atoms with Gasteiger partial charge in [0.25, 0.3) is 5.91 Å². The number of carbonyl (C=O) groups excluding carboxylic acids is 1. The molecule has 0 bridgehead atoms. The molecule has 1 N–H and O–H groups in total. The van der Waals surface area contributed by atoms with Crippen LogP contribution in [0.3, 0.4) is 0 Å². The Morgan fingerprint density at radius 3 is 2.65 bits per heavy atom. The molecule has 1 amide bonds. The van der Waals surface area contributed by atoms with Crippen molar-refractivity contribution in [2.24, 2.45) is 0 Å². The van der Waals surface area contributed by atoms with Crippen LogP contribution in [0.1, 0.15) is 21.7 Å². The van der Waals surface area contributed by atoms with Crippen molar-refractivity contribution in [2.75, 3.05) is 26.3 Å². The summed E-state index contributed by atoms with van der Waals surface area (Å²) in [7, 11) is 0. The topological polar surface area (TPSA) is 45.3 Å². The first-order chi connectivity index (χ1) is 11.0. The monoisotopic (exact) mass is 336 g/mol. The molecule has 122 valence electrons. The van der Waals surface area contributed by atoms with Crippen LogP contribution >= 0.6 is 11.6 Å². The fourth-order valence-corrected chi connectivity index (χ4v) is 2.99. The normalized spacial score (nSPS) is 15.0. The number of aryl methyl sites for hydroxylation is 1. The third-order valence-corrected chi connectivity index (χ3v) is 4.45. The molecule has 0 spiro atoms. The van der Waals surface area contributed by atoms with Crippen molar-refractivity contribution in [1.29, 1.82) is 0 Å². The molecule has 2 heterocycles. The van der Waals surface area contributed by atoms with E-state index >= 15 is 0 Å². The van der Waals surface area contributed by atoms with E-state index in [1.807, 2.05) is 13.8 Å². The minimum atomic E-state index is -0.435. The summed E-state index contributed by atoms with van der Waals surface area (Å²) >= 11 is 5.84. The first-order valence-electron chi connectivity index (χ1n) is 7.50. The van der Waals surface area contributed by atoms with Crippen LogP contribution in [0.25, 0.3) is 11.1 Å². The third-order valence-electron chi connectivity index (χ3n) is 4.21. The largest absolute Gasteiger partial charge is 0.378 e. The highest BCUT2D eigenvalue weighted by Crippen LogP contribution is 2.33. The SMILES string of the molecule is Cc1[nH]c(C(=O)N2CCOCC2)c(-c2ccc(Cl)cc2F)c1C. The van der Waals surface area contributed by atoms with Crippen LogP contribution in [0.2, 0.25) is 5.02 Å². The number of morpholine rings is 1. The van der Waals surface area contributed by atoms with Gasteiger partial charge in [-0.25, -0.2) is 4.39 Å². The molecule has 3 rings (SSSR count). The van der Waals surface area contributed by atoms with E-state index in [1.54, 1.807) is 17.0 Å². The fourth-order valence-electron chi connectivity index (χ4n) is 2.83. The Labute approximate surface area is 139 Å². The maximum Gasteiger partial charge on any atom is 0.271 e. The Kier molecular flexibility index (Phi) is 4.41. The molecule has 0 unspecified atom stereocenters. The van der Waals surface area contributed by atoms with Crippen molar-refractivity contribution in [1.82, 2.24) is 9.88 Å². The van der Waals surface area contributed by atoms with Crippen molar-refractivity contribution in [3.63, 3.8) is 0 Å². The lowest BCUT2D eigenvalue weighted by Crippen LogP contribution is -2.41. The Morgan fingerprint density at radius 1 is 1.30 bits per heavy atom. The molecule has 1 aliphatic heterocycles. The van der Waals surface area contributed by atoms with Crippen LogP contribution in [0.15, 0.2) is 18.2 Å². The summed E-state index contributed by atoms with van der Waals surface area (Å²) in [6.45, 7) is 5.88. The van der Waals surface area contributed by atoms with E-state index in [2.05, 4.69) is 4.98 Å². The smallest absolute Gasteiger partial charge is 0.271 e. The van der Waals surface area contributed by atoms with E-state index in [1.165, 1.54) is 6.07 Å². The second kappa shape index (κ2) is 6.34. The van der Waals surface area contributed by atoms with Crippen molar-refractivity contribution in [3.05, 3.63) is 46.0 Å². The number of benzene rings is 1. The lowest BCUT2D eigenvalue weighted by atomic mass is 10.00. The summed E-state index contributed by atoms with van der Waals surface area (Å²) in [6.07, 6.45) is 0. The Balaban J connectivity index is 2.08. The molecule has 23 heavy (non-hydrogen) atoms. The van der Waals surface area contributed by atoms with Crippen LogP contribution in [-0.2, 0) is 4.74 Å². The van der Waals surface area contributed by atoms with E-state index in [4.69, 9.17) is 16.3 Å². The van der Waals surface area contributed by atoms with Gasteiger partial charge in [0, 0.05) is 34.9 Å². The number of rotatable bonds is 2. The molecule has 1 aromatic heterocycles. The van der Waals surface area contributed by atoms with Crippen LogP contribution in [0.4, 0.5) is 4.39 Å². The molecule has 0 saturated carbocycles. The molecule has 6 heteroatoms. The average Bonchev–Trinajstić information content (AvgIpc) is 2.83. The van der Waals surface area contributed by atoms with Gasteiger partial charge in [0.2, 0.25) is 0 Å². The Bertz CT molecular complexity index is 751. The molecule has 1 aliphatic rings. The van der Waals surface area contributed by atoms with Crippen molar-refractivity contribution in [3.8, 4) is 11.1 Å². The van der Waals surface area contributed by atoms with Gasteiger partial charge in [-0.3, -0.25) is 4.79 Å². The molecule has 1 aromatic carbocycles. The highest BCUT2D eigenvalue weighted by Gasteiger charge is 2.26. The van der Waals surface area contributed by atoms with Gasteiger partial charge < -0.3 is 14.6 Å². The van der Waals surface area contributed by atoms with E-state index in [9.17, 15) is 9.18 Å². The van der Waals surface area contributed by atoms with E-state index < -0.39 is 5.82 Å². The number of hydrogen-bond acceptors (Lipinski definition) is 2. The van der Waals surface area contributed by atoms with Crippen LogP contribution in [0.5, 0.6) is 0 Å². The molecule has 4 nitrogen and oxygen atoms in total. The van der Waals surface area contributed by atoms with E-state index in [-0.39, 0.29) is 5.91 Å². The average molecular weight is 337 g/mol. The van der Waals surface area contributed by atoms with Crippen molar-refractivity contribution < 1.29 is 13.9 Å². The molecule has 1 saturated heterocycles. The number of H-pyrrole nitrogens is 1. The van der Waals surface area contributed by atoms with E-state index in [0.717, 1.165) is 11.3 Å². The van der Waals surface area contributed by atoms with Gasteiger partial charge in [0.1, 0.15) is 11.5 Å². The van der Waals surface area contributed by atoms with Gasteiger partial charge in [-0.05, 0) is 37.6 Å². The number of amides is 1. The Hall–Kier alpha value is -1.85. The van der Waals surface area contributed by atoms with Crippen LogP contribution < -0.4 is 0 Å². The number of carbonyl (C=O) groups is 1. The lowest BCUT2D eigenvalue weighted by Gasteiger charge is -2.26. The lowest BCUT2D eigenvalue weighted by molar-refractivity contribution is 0.0300. The predicted octanol–water partition coefficient (Wildman–Crippen LogP) is 3.56. The van der Waals surface area contributed by atoms with Crippen molar-refractivity contribution >= 4 is 17.5 Å². The second-order valence-corrected chi connectivity index (χ2v) is 6.09. The van der Waals surface area contributed by atoms with Gasteiger partial charge >= 0.3 is 0 Å². The van der Waals surface area contributed by atoms with Gasteiger partial charge in [-0.15, -0.1) is 0 Å². The minimum Gasteiger partial charge on any atom is -0.378 e. The highest BCUT2D eigenvalue weighted by atomic mass is 35.5. The number of hydrogen-bond donors (Lipinski definition) is 1. The van der Waals surface area contributed by atoms with Gasteiger partial charge in [0.05, 0.1) is 13.2 Å². The number of aromatic amines is 1. The highest BCUT2D eigenvalue weighted by molar-refractivity contribution is 6.30. The van der Waals surface area contributed by atoms with Crippen LogP contribution in [0, 0.1) is 19.7 Å². The molecule has 2 aromatic rings. The summed E-state index contributed by atoms with van der Waals surface area (Å²) in [5, 5.41) is 0.331. The summed E-state index contributed by atoms with van der Waals surface area (Å²) in [4.78, 5) is 17.7. The molecular formula is C17H18ClFN2O2. The zero-order chi connectivity index (χ0) is 16.6. The third kappa shape index (κ3) is 2.99. The minimum absolute atomic E-state index is 0.131. The molecule has 1 fully saturated rings. The van der Waals surface area contributed by atoms with Crippen LogP contribution in [-0.4, -0.2) is 42.1 Å². The summed E-state index contributed by atoms with van der Waals surface area (Å²) in [5.74, 6) is -0.565. The second-order valence-electron chi connectivity index (χ2n) is 5.65. The number of halogens is 2. The standard InChI is InChI=1S/C17H18ClFN2O2/c1-10-11(2)20-16(17(22)21-5-7-23-8-6-21)15(10)13-4-3-12(18)9-14(13)19/h3-4,9,20H,5-8H2,1-2H3. The number of ether oxygens (including phenoxy) is 1. The summed E-state index contributed by atoms with van der Waals surface area (Å²) < 4.78 is 19.7. The number of nitrogens with one attached hydrogen (secondary N) is 1. The zero-order valence-corrected chi connectivity index (χ0v) is 13.8. The van der Waals surface area contributed by atoms with E-state index in [0.29, 0.717) is 48.1 Å². The molecule has 0 atom stereocenters. The predicted molar refractivity (Wildman–Crippen MR) is 87.4 cm³/mol. The first-order valence-corrected chi connectivity index (χ1v) is 7.88. The molecular weight excluding hydrogens is 319 g/mol. The van der Waals surface area contributed by atoms with Gasteiger partial charge in [-0.1, -0.05) is 11.6 Å². The van der Waals surface area contributed by atoms with Gasteiger partial charge in [-0.2, -0.15) is 0 Å². The first kappa shape index (κ1) is 16.0. The maximum absolute atomic E-state index is 14.4. The summed E-state index contributed by atoms with van der Waals surface area (Å²) in [6, 6.07) is 4.51. The molecule has 0 radical (unpaired) electrons. The van der Waals surface area contributed by atoms with Crippen molar-refractivity contribution in [2.45, 2.75) is 13.8 Å². The summed E-state index contributed by atoms with van der Waals surface area (Å²) in [5.41, 5.74) is 3.12. The maximum atomic E-state index is 14.4. The van der Waals surface area contributed by atoms with Gasteiger partial charge in [0.15, 0.2) is 0 Å².